The summed E-state index contributed by atoms with van der Waals surface area (Å²) in [7, 11) is -21.5. The largest absolute Gasteiger partial charge is 0.479 e. The van der Waals surface area contributed by atoms with Gasteiger partial charge in [-0.1, -0.05) is 0 Å². The summed E-state index contributed by atoms with van der Waals surface area (Å²) >= 11 is 0. The zero-order valence-corrected chi connectivity index (χ0v) is 48.5. The highest BCUT2D eigenvalue weighted by Gasteiger charge is 2.55. The molecule has 87 heavy (non-hydrogen) atoms. The van der Waals surface area contributed by atoms with E-state index < -0.39 is 276 Å². The number of ether oxygens (including phenoxy) is 11. The summed E-state index contributed by atoms with van der Waals surface area (Å²) in [5.74, 6) is -12.4. The Balaban J connectivity index is 1.27. The topological polar surface area (TPSA) is 633 Å². The fourth-order valence-electron chi connectivity index (χ4n) is 10.4. The van der Waals surface area contributed by atoms with Gasteiger partial charge in [0.2, 0.25) is 12.0 Å². The van der Waals surface area contributed by atoms with E-state index in [0.29, 0.717) is 6.08 Å². The Morgan fingerprint density at radius 3 is 1.48 bits per heavy atom. The van der Waals surface area contributed by atoms with E-state index in [9.17, 15) is 123 Å². The standard InChI is InChI=1S/C42H68O41S4/c1-12-15(16(26(47)23(75-12)11-74-84(57,58)59)7-71-41-31(52)33(82-86(63,64)65)24(45)13(2)76-41)6-70-39-28(49)19(27(48)34(80-39)37(55)56)10-69-38-18(9-72-40-29(50)20(44)4-21(78-40)36(53)54)17(25(46)22(5-43)79-38)8-73-42-35(83-87(66,67)68)30(51)32(14(3)77-42)81-85(60,61)62/h4,12-20,22-35,38-52H,5-11H2,1-3H3,(H,53,54)(H,55,56)(H,57,58,59)(H,60,61,62)(H,63,64,65)(H,66,67,68). The summed E-state index contributed by atoms with van der Waals surface area (Å²) in [5, 5.41) is 130. The molecule has 0 saturated carbocycles. The van der Waals surface area contributed by atoms with E-state index in [1.807, 2.05) is 0 Å². The van der Waals surface area contributed by atoms with Crippen LogP contribution < -0.4 is 0 Å². The van der Waals surface area contributed by atoms with Crippen LogP contribution in [-0.2, 0) is 120 Å². The average molecular weight is 1360 g/mol. The molecular weight excluding hydrogens is 1290 g/mol. The second-order valence-corrected chi connectivity index (χ2v) is 24.9. The third-order valence-corrected chi connectivity index (χ3v) is 16.7. The SMILES string of the molecule is CC1OC(OCC2C(O)C(COS(=O)(=O)O)OC(C)C2COC2OC(C(=O)O)C(O)C(COC3OC(CO)C(O)C(COC4OC(C)C(OS(=O)(=O)O)C(O)C4OS(=O)(=O)O)C3COC3OC(C(=O)O)=CC(O)C3O)C2O)C(O)C(OS(=O)(=O)O)C1O. The highest BCUT2D eigenvalue weighted by molar-refractivity contribution is 7.81. The summed E-state index contributed by atoms with van der Waals surface area (Å²) < 4.78 is 211. The summed E-state index contributed by atoms with van der Waals surface area (Å²) in [6.07, 6.45) is -45.2. The molecule has 5 fully saturated rings. The Morgan fingerprint density at radius 2 is 0.920 bits per heavy atom. The third kappa shape index (κ3) is 19.1. The van der Waals surface area contributed by atoms with Crippen LogP contribution in [-0.4, -0.2) is 313 Å². The lowest BCUT2D eigenvalue weighted by Crippen LogP contribution is -2.62. The van der Waals surface area contributed by atoms with Gasteiger partial charge in [0.25, 0.3) is 0 Å². The normalized spacial score (nSPS) is 42.6. The number of carboxylic acids is 2. The maximum absolute atomic E-state index is 12.6. The van der Waals surface area contributed by atoms with Crippen molar-refractivity contribution >= 4 is 53.5 Å². The second-order valence-electron chi connectivity index (χ2n) is 20.7. The summed E-state index contributed by atoms with van der Waals surface area (Å²) in [6, 6.07) is 0. The van der Waals surface area contributed by atoms with Crippen LogP contribution in [0.4, 0.5) is 0 Å². The van der Waals surface area contributed by atoms with Crippen LogP contribution in [0.25, 0.3) is 0 Å². The summed E-state index contributed by atoms with van der Waals surface area (Å²) in [5.41, 5.74) is 0. The van der Waals surface area contributed by atoms with Crippen LogP contribution in [0.2, 0.25) is 0 Å². The Kier molecular flexibility index (Phi) is 25.1. The number of carboxylic acid groups (broad SMARTS) is 2. The molecule has 0 spiro atoms. The first-order valence-corrected chi connectivity index (χ1v) is 31.2. The Morgan fingerprint density at radius 1 is 0.437 bits per heavy atom. The van der Waals surface area contributed by atoms with E-state index in [1.54, 1.807) is 0 Å². The minimum absolute atomic E-state index is 0.608. The molecule has 28 unspecified atom stereocenters. The van der Waals surface area contributed by atoms with Crippen molar-refractivity contribution in [2.75, 3.05) is 46.2 Å². The number of aliphatic carboxylic acids is 2. The first kappa shape index (κ1) is 73.2. The summed E-state index contributed by atoms with van der Waals surface area (Å²) in [6.45, 7) is -3.17. The van der Waals surface area contributed by atoms with Crippen molar-refractivity contribution in [2.45, 2.75) is 162 Å². The van der Waals surface area contributed by atoms with Gasteiger partial charge in [0.05, 0.1) is 82.9 Å². The van der Waals surface area contributed by atoms with Gasteiger partial charge < -0.3 is 113 Å². The lowest BCUT2D eigenvalue weighted by molar-refractivity contribution is -0.328. The quantitative estimate of drug-likeness (QED) is 0.0340. The predicted molar refractivity (Wildman–Crippen MR) is 264 cm³/mol. The average Bonchev–Trinajstić information content (AvgIpc) is 1.13. The highest BCUT2D eigenvalue weighted by atomic mass is 32.3. The minimum Gasteiger partial charge on any atom is -0.479 e. The van der Waals surface area contributed by atoms with Crippen LogP contribution in [0, 0.1) is 29.6 Å². The van der Waals surface area contributed by atoms with Gasteiger partial charge in [-0.25, -0.2) is 26.3 Å². The molecule has 506 valence electrons. The van der Waals surface area contributed by atoms with Gasteiger partial charge in [-0.05, 0) is 26.8 Å². The number of aliphatic hydroxyl groups excluding tert-OH is 10. The monoisotopic (exact) mass is 1360 g/mol. The van der Waals surface area contributed by atoms with Gasteiger partial charge in [-0.15, -0.1) is 0 Å². The molecule has 5 saturated heterocycles. The van der Waals surface area contributed by atoms with Crippen LogP contribution in [0.1, 0.15) is 20.8 Å². The lowest BCUT2D eigenvalue weighted by atomic mass is 9.80. The van der Waals surface area contributed by atoms with Gasteiger partial charge in [-0.3, -0.25) is 18.2 Å². The second kappa shape index (κ2) is 29.8. The number of hydrogen-bond donors (Lipinski definition) is 16. The Hall–Kier alpha value is -2.84. The number of carbonyl (C=O) groups is 2. The number of hydrogen-bond acceptors (Lipinski definition) is 35. The molecule has 41 nitrogen and oxygen atoms in total. The van der Waals surface area contributed by atoms with E-state index in [0.717, 1.165) is 6.92 Å². The molecule has 6 heterocycles. The van der Waals surface area contributed by atoms with E-state index in [4.69, 9.17) is 52.1 Å². The van der Waals surface area contributed by atoms with E-state index in [-0.39, 0.29) is 0 Å². The zero-order chi connectivity index (χ0) is 65.2. The zero-order valence-electron chi connectivity index (χ0n) is 45.2. The molecule has 0 aromatic rings. The van der Waals surface area contributed by atoms with Gasteiger partial charge >= 0.3 is 53.5 Å². The molecule has 16 N–H and O–H groups in total. The van der Waals surface area contributed by atoms with Crippen molar-refractivity contribution in [3.05, 3.63) is 11.8 Å². The molecule has 0 radical (unpaired) electrons. The molecule has 0 amide bonds. The molecule has 6 rings (SSSR count). The van der Waals surface area contributed by atoms with Crippen molar-refractivity contribution < 1.29 is 192 Å². The maximum Gasteiger partial charge on any atom is 0.397 e. The molecule has 6 aliphatic rings. The van der Waals surface area contributed by atoms with Crippen LogP contribution in [0.3, 0.4) is 0 Å². The van der Waals surface area contributed by atoms with E-state index in [2.05, 4.69) is 16.7 Å². The van der Waals surface area contributed by atoms with Crippen molar-refractivity contribution in [3.63, 3.8) is 0 Å². The lowest BCUT2D eigenvalue weighted by Gasteiger charge is -2.47. The maximum atomic E-state index is 12.6. The molecule has 45 heteroatoms. The van der Waals surface area contributed by atoms with Crippen molar-refractivity contribution in [3.8, 4) is 0 Å². The van der Waals surface area contributed by atoms with E-state index in [1.165, 1.54) is 13.8 Å². The van der Waals surface area contributed by atoms with Crippen LogP contribution in [0.15, 0.2) is 11.8 Å². The van der Waals surface area contributed by atoms with Gasteiger partial charge in [0.1, 0.15) is 61.0 Å². The first-order chi connectivity index (χ1) is 40.2. The summed E-state index contributed by atoms with van der Waals surface area (Å²) in [4.78, 5) is 24.5. The molecule has 0 aromatic carbocycles. The van der Waals surface area contributed by atoms with Crippen LogP contribution in [0.5, 0.6) is 0 Å². The molecule has 0 aliphatic carbocycles. The van der Waals surface area contributed by atoms with Crippen LogP contribution >= 0.6 is 0 Å². The van der Waals surface area contributed by atoms with Crippen molar-refractivity contribution in [2.24, 2.45) is 29.6 Å². The minimum atomic E-state index is -5.60. The molecular formula is C42H68O41S4. The molecule has 0 aromatic heterocycles. The predicted octanol–water partition coefficient (Wildman–Crippen LogP) is -9.09. The smallest absolute Gasteiger partial charge is 0.397 e. The van der Waals surface area contributed by atoms with Crippen molar-refractivity contribution in [1.82, 2.24) is 0 Å². The van der Waals surface area contributed by atoms with E-state index >= 15 is 0 Å². The number of aliphatic hydroxyl groups is 10. The van der Waals surface area contributed by atoms with Gasteiger partial charge in [0, 0.05) is 29.6 Å². The molecule has 0 bridgehead atoms. The molecule has 28 atom stereocenters. The Labute approximate surface area is 493 Å². The first-order valence-electron chi connectivity index (χ1n) is 25.7. The third-order valence-electron chi connectivity index (χ3n) is 14.8. The Bertz CT molecular complexity index is 2790. The molecule has 6 aliphatic heterocycles. The van der Waals surface area contributed by atoms with Gasteiger partial charge in [0.15, 0.2) is 37.4 Å². The van der Waals surface area contributed by atoms with Gasteiger partial charge in [-0.2, -0.15) is 33.7 Å². The fourth-order valence-corrected chi connectivity index (χ4v) is 12.2. The fraction of sp³-hybridized carbons (Fsp3) is 0.905. The number of rotatable bonds is 27. The van der Waals surface area contributed by atoms with Crippen molar-refractivity contribution in [1.29, 1.82) is 0 Å². The highest BCUT2D eigenvalue weighted by Crippen LogP contribution is 2.39.